The van der Waals surface area contributed by atoms with Crippen LogP contribution in [0, 0.1) is 5.82 Å². The second-order valence-corrected chi connectivity index (χ2v) is 7.44. The third kappa shape index (κ3) is 3.54. The van der Waals surface area contributed by atoms with Gasteiger partial charge < -0.3 is 19.7 Å². The molecule has 142 valence electrons. The van der Waals surface area contributed by atoms with Gasteiger partial charge in [-0.3, -0.25) is 0 Å². The molecule has 2 aliphatic heterocycles. The van der Waals surface area contributed by atoms with Crippen molar-refractivity contribution in [2.45, 2.75) is 11.4 Å². The molecule has 0 amide bonds. The van der Waals surface area contributed by atoms with Gasteiger partial charge in [0.05, 0.1) is 31.6 Å². The molecule has 4 rings (SSSR count). The fraction of sp³-hybridized carbons (Fsp3) is 0.350. The molecule has 0 radical (unpaired) electrons. The molecular weight excluding hydrogens is 367 g/mol. The standard InChI is InChI=1S/C20H21FN2O3S/c1-25-20(24)16-9-17(21)15(10-18(16)23-5-7-26-8-6-23)14-4-2-3-13-11-22-12-27-19(13)14/h2-4,9-10,22H,5-8,11-12H2,1H3. The van der Waals surface area contributed by atoms with Gasteiger partial charge in [0.2, 0.25) is 0 Å². The van der Waals surface area contributed by atoms with E-state index in [0.29, 0.717) is 37.6 Å². The smallest absolute Gasteiger partial charge is 0.340 e. The topological polar surface area (TPSA) is 50.8 Å². The summed E-state index contributed by atoms with van der Waals surface area (Å²) in [4.78, 5) is 15.4. The molecule has 0 saturated carbocycles. The van der Waals surface area contributed by atoms with Crippen molar-refractivity contribution in [3.63, 3.8) is 0 Å². The van der Waals surface area contributed by atoms with Gasteiger partial charge in [-0.15, -0.1) is 11.8 Å². The Kier molecular flexibility index (Phi) is 5.33. The van der Waals surface area contributed by atoms with Crippen LogP contribution in [0.15, 0.2) is 35.2 Å². The lowest BCUT2D eigenvalue weighted by Crippen LogP contribution is -2.37. The number of fused-ring (bicyclic) bond motifs is 1. The van der Waals surface area contributed by atoms with Crippen LogP contribution in [-0.4, -0.2) is 45.3 Å². The first kappa shape index (κ1) is 18.3. The van der Waals surface area contributed by atoms with Gasteiger partial charge in [-0.05, 0) is 23.3 Å². The number of nitrogens with one attached hydrogen (secondary N) is 1. The molecule has 2 heterocycles. The first-order chi connectivity index (χ1) is 13.2. The number of nitrogens with zero attached hydrogens (tertiary/aromatic N) is 1. The Morgan fingerprint density at radius 1 is 1.26 bits per heavy atom. The summed E-state index contributed by atoms with van der Waals surface area (Å²) in [6.45, 7) is 3.24. The number of anilines is 1. The zero-order valence-electron chi connectivity index (χ0n) is 15.1. The van der Waals surface area contributed by atoms with Crippen LogP contribution in [-0.2, 0) is 16.0 Å². The highest BCUT2D eigenvalue weighted by molar-refractivity contribution is 7.99. The van der Waals surface area contributed by atoms with Crippen molar-refractivity contribution in [2.75, 3.05) is 44.2 Å². The summed E-state index contributed by atoms with van der Waals surface area (Å²) in [5.41, 5.74) is 3.48. The monoisotopic (exact) mass is 388 g/mol. The summed E-state index contributed by atoms with van der Waals surface area (Å²) in [6.07, 6.45) is 0. The van der Waals surface area contributed by atoms with Gasteiger partial charge in [0.25, 0.3) is 0 Å². The van der Waals surface area contributed by atoms with E-state index < -0.39 is 11.8 Å². The molecular formula is C20H21FN2O3S. The highest BCUT2D eigenvalue weighted by Gasteiger charge is 2.24. The van der Waals surface area contributed by atoms with Crippen molar-refractivity contribution >= 4 is 23.4 Å². The number of methoxy groups -OCH3 is 1. The zero-order valence-corrected chi connectivity index (χ0v) is 15.9. The van der Waals surface area contributed by atoms with Crippen LogP contribution in [0.5, 0.6) is 0 Å². The number of carbonyl (C=O) groups excluding carboxylic acids is 1. The summed E-state index contributed by atoms with van der Waals surface area (Å²) in [5.74, 6) is -0.155. The molecule has 5 nitrogen and oxygen atoms in total. The normalized spacial score (nSPS) is 16.7. The maximum Gasteiger partial charge on any atom is 0.340 e. The van der Waals surface area contributed by atoms with Crippen molar-refractivity contribution in [1.82, 2.24) is 5.32 Å². The number of halogens is 1. The predicted octanol–water partition coefficient (Wildman–Crippen LogP) is 3.27. The number of morpholine rings is 1. The van der Waals surface area contributed by atoms with Gasteiger partial charge in [0, 0.05) is 36.0 Å². The van der Waals surface area contributed by atoms with Gasteiger partial charge in [0.15, 0.2) is 0 Å². The number of esters is 1. The second kappa shape index (κ2) is 7.88. The van der Waals surface area contributed by atoms with Crippen LogP contribution >= 0.6 is 11.8 Å². The quantitative estimate of drug-likeness (QED) is 0.815. The Bertz CT molecular complexity index is 869. The first-order valence-corrected chi connectivity index (χ1v) is 9.88. The first-order valence-electron chi connectivity index (χ1n) is 8.89. The molecule has 0 bridgehead atoms. The fourth-order valence-corrected chi connectivity index (χ4v) is 4.53. The lowest BCUT2D eigenvalue weighted by Gasteiger charge is -2.31. The average molecular weight is 388 g/mol. The van der Waals surface area contributed by atoms with E-state index in [1.807, 2.05) is 12.1 Å². The lowest BCUT2D eigenvalue weighted by atomic mass is 9.98. The molecule has 1 saturated heterocycles. The van der Waals surface area contributed by atoms with Crippen LogP contribution in [0.1, 0.15) is 15.9 Å². The third-order valence-electron chi connectivity index (χ3n) is 4.86. The molecule has 7 heteroatoms. The minimum absolute atomic E-state index is 0.250. The molecule has 27 heavy (non-hydrogen) atoms. The molecule has 1 N–H and O–H groups in total. The maximum absolute atomic E-state index is 15.1. The van der Waals surface area contributed by atoms with Crippen LogP contribution in [0.3, 0.4) is 0 Å². The molecule has 0 spiro atoms. The molecule has 1 fully saturated rings. The predicted molar refractivity (Wildman–Crippen MR) is 104 cm³/mol. The van der Waals surface area contributed by atoms with E-state index in [2.05, 4.69) is 16.3 Å². The van der Waals surface area contributed by atoms with E-state index in [1.165, 1.54) is 13.2 Å². The third-order valence-corrected chi connectivity index (χ3v) is 5.98. The number of ether oxygens (including phenoxy) is 2. The number of thioether (sulfide) groups is 1. The van der Waals surface area contributed by atoms with Crippen LogP contribution < -0.4 is 10.2 Å². The second-order valence-electron chi connectivity index (χ2n) is 6.45. The van der Waals surface area contributed by atoms with E-state index in [9.17, 15) is 4.79 Å². The van der Waals surface area contributed by atoms with E-state index in [0.717, 1.165) is 28.4 Å². The lowest BCUT2D eigenvalue weighted by molar-refractivity contribution is 0.0600. The average Bonchev–Trinajstić information content (AvgIpc) is 2.73. The maximum atomic E-state index is 15.1. The number of hydrogen-bond acceptors (Lipinski definition) is 6. The Balaban J connectivity index is 1.86. The van der Waals surface area contributed by atoms with E-state index >= 15 is 4.39 Å². The van der Waals surface area contributed by atoms with Gasteiger partial charge in [-0.25, -0.2) is 9.18 Å². The fourth-order valence-electron chi connectivity index (χ4n) is 3.52. The van der Waals surface area contributed by atoms with Gasteiger partial charge >= 0.3 is 5.97 Å². The van der Waals surface area contributed by atoms with E-state index in [-0.39, 0.29) is 5.56 Å². The van der Waals surface area contributed by atoms with Crippen molar-refractivity contribution in [2.24, 2.45) is 0 Å². The summed E-state index contributed by atoms with van der Waals surface area (Å²) in [5, 5.41) is 3.31. The zero-order chi connectivity index (χ0) is 18.8. The molecule has 2 aliphatic rings. The Hall–Kier alpha value is -2.09. The van der Waals surface area contributed by atoms with Crippen molar-refractivity contribution < 1.29 is 18.7 Å². The summed E-state index contributed by atoms with van der Waals surface area (Å²) >= 11 is 1.67. The highest BCUT2D eigenvalue weighted by atomic mass is 32.2. The Morgan fingerprint density at radius 3 is 2.85 bits per heavy atom. The summed E-state index contributed by atoms with van der Waals surface area (Å²) in [7, 11) is 1.31. The summed E-state index contributed by atoms with van der Waals surface area (Å²) < 4.78 is 25.4. The van der Waals surface area contributed by atoms with Crippen LogP contribution in [0.25, 0.3) is 11.1 Å². The molecule has 0 aliphatic carbocycles. The van der Waals surface area contributed by atoms with E-state index in [4.69, 9.17) is 9.47 Å². The molecule has 2 aromatic carbocycles. The van der Waals surface area contributed by atoms with Crippen molar-refractivity contribution in [1.29, 1.82) is 0 Å². The van der Waals surface area contributed by atoms with Crippen LogP contribution in [0.4, 0.5) is 10.1 Å². The number of hydrogen-bond donors (Lipinski definition) is 1. The van der Waals surface area contributed by atoms with E-state index in [1.54, 1.807) is 17.8 Å². The highest BCUT2D eigenvalue weighted by Crippen LogP contribution is 2.39. The van der Waals surface area contributed by atoms with Crippen molar-refractivity contribution in [3.8, 4) is 11.1 Å². The minimum Gasteiger partial charge on any atom is -0.465 e. The van der Waals surface area contributed by atoms with Gasteiger partial charge in [0.1, 0.15) is 5.82 Å². The van der Waals surface area contributed by atoms with Crippen molar-refractivity contribution in [3.05, 3.63) is 47.3 Å². The molecule has 0 aromatic heterocycles. The Morgan fingerprint density at radius 2 is 2.07 bits per heavy atom. The number of rotatable bonds is 3. The molecule has 0 unspecified atom stereocenters. The minimum atomic E-state index is -0.532. The van der Waals surface area contributed by atoms with Gasteiger partial charge in [-0.2, -0.15) is 0 Å². The molecule has 0 atom stereocenters. The van der Waals surface area contributed by atoms with Crippen LogP contribution in [0.2, 0.25) is 0 Å². The molecule has 2 aromatic rings. The number of carbonyl (C=O) groups is 1. The SMILES string of the molecule is COC(=O)c1cc(F)c(-c2cccc3c2SCNC3)cc1N1CCOCC1. The van der Waals surface area contributed by atoms with Gasteiger partial charge in [-0.1, -0.05) is 18.2 Å². The summed E-state index contributed by atoms with van der Waals surface area (Å²) in [6, 6.07) is 9.03. The largest absolute Gasteiger partial charge is 0.465 e. The Labute approximate surface area is 161 Å². The number of benzene rings is 2.